The van der Waals surface area contributed by atoms with Crippen molar-refractivity contribution < 1.29 is 19.1 Å². The van der Waals surface area contributed by atoms with Crippen LogP contribution in [-0.2, 0) is 19.1 Å². The lowest BCUT2D eigenvalue weighted by atomic mass is 9.90. The van der Waals surface area contributed by atoms with Crippen molar-refractivity contribution in [3.05, 3.63) is 0 Å². The summed E-state index contributed by atoms with van der Waals surface area (Å²) in [6.07, 6.45) is 0.441. The molecule has 32 heavy (non-hydrogen) atoms. The quantitative estimate of drug-likeness (QED) is 0.286. The number of carbonyl (C=O) groups is 2. The Morgan fingerprint density at radius 2 is 1.47 bits per heavy atom. The first-order chi connectivity index (χ1) is 14.6. The SMILES string of the molecule is CC[C@H](C)[C@@H]([C@@H](CC(=O)OC(C)(C)C)OC)N(C)C(=O)[C@@H](N=C(N(C)C)N(C)C)C(C)C. The maximum Gasteiger partial charge on any atom is 0.309 e. The number of hydrogen-bond donors (Lipinski definition) is 0. The fourth-order valence-corrected chi connectivity index (χ4v) is 3.73. The van der Waals surface area contributed by atoms with Crippen molar-refractivity contribution in [2.24, 2.45) is 16.8 Å². The maximum absolute atomic E-state index is 13.7. The Morgan fingerprint density at radius 1 is 0.969 bits per heavy atom. The van der Waals surface area contributed by atoms with Gasteiger partial charge in [-0.25, -0.2) is 4.99 Å². The van der Waals surface area contributed by atoms with Gasteiger partial charge in [-0.2, -0.15) is 0 Å². The molecular formula is C24H48N4O4. The van der Waals surface area contributed by atoms with Gasteiger partial charge < -0.3 is 24.2 Å². The van der Waals surface area contributed by atoms with Crippen molar-refractivity contribution in [2.45, 2.75) is 85.1 Å². The van der Waals surface area contributed by atoms with Gasteiger partial charge in [0.2, 0.25) is 5.91 Å². The highest BCUT2D eigenvalue weighted by atomic mass is 16.6. The Hall–Kier alpha value is -1.83. The Kier molecular flexibility index (Phi) is 12.3. The van der Waals surface area contributed by atoms with Gasteiger partial charge >= 0.3 is 5.97 Å². The molecule has 0 heterocycles. The van der Waals surface area contributed by atoms with E-state index in [9.17, 15) is 9.59 Å². The van der Waals surface area contributed by atoms with Crippen LogP contribution in [-0.4, -0.2) is 98.7 Å². The largest absolute Gasteiger partial charge is 0.460 e. The Morgan fingerprint density at radius 3 is 1.81 bits per heavy atom. The lowest BCUT2D eigenvalue weighted by Crippen LogP contribution is -2.53. The first-order valence-corrected chi connectivity index (χ1v) is 11.5. The lowest BCUT2D eigenvalue weighted by molar-refractivity contribution is -0.160. The second-order valence-corrected chi connectivity index (χ2v) is 10.3. The smallest absolute Gasteiger partial charge is 0.309 e. The number of hydrogen-bond acceptors (Lipinski definition) is 5. The van der Waals surface area contributed by atoms with E-state index in [-0.39, 0.29) is 36.2 Å². The summed E-state index contributed by atoms with van der Waals surface area (Å²) >= 11 is 0. The third-order valence-electron chi connectivity index (χ3n) is 5.43. The molecule has 0 aromatic heterocycles. The van der Waals surface area contributed by atoms with Crippen molar-refractivity contribution >= 4 is 17.8 Å². The standard InChI is InChI=1S/C24H48N4O4/c1-14-17(4)21(18(31-13)15-19(29)32-24(5,6)7)28(12)22(30)20(16(2)3)25-23(26(8)9)27(10)11/h16-18,20-21H,14-15H2,1-13H3/t17-,18+,20-,21-/m0/s1. The van der Waals surface area contributed by atoms with Crippen LogP contribution in [0.5, 0.6) is 0 Å². The second-order valence-electron chi connectivity index (χ2n) is 10.3. The Balaban J connectivity index is 6.03. The second kappa shape index (κ2) is 13.0. The summed E-state index contributed by atoms with van der Waals surface area (Å²) in [7, 11) is 11.0. The van der Waals surface area contributed by atoms with Crippen molar-refractivity contribution in [1.82, 2.24) is 14.7 Å². The predicted molar refractivity (Wildman–Crippen MR) is 131 cm³/mol. The van der Waals surface area contributed by atoms with Crippen LogP contribution in [0.3, 0.4) is 0 Å². The lowest BCUT2D eigenvalue weighted by Gasteiger charge is -2.39. The summed E-state index contributed by atoms with van der Waals surface area (Å²) in [6, 6.07) is -0.839. The normalized spacial score (nSPS) is 15.4. The number of amides is 1. The minimum atomic E-state index is -0.574. The van der Waals surface area contributed by atoms with Crippen LogP contribution >= 0.6 is 0 Å². The van der Waals surface area contributed by atoms with Crippen molar-refractivity contribution in [3.8, 4) is 0 Å². The van der Waals surface area contributed by atoms with Gasteiger partial charge in [-0.1, -0.05) is 34.1 Å². The number of methoxy groups -OCH3 is 1. The van der Waals surface area contributed by atoms with E-state index in [0.29, 0.717) is 0 Å². The molecule has 0 aliphatic heterocycles. The molecule has 4 atom stereocenters. The van der Waals surface area contributed by atoms with Gasteiger partial charge in [0.25, 0.3) is 0 Å². The van der Waals surface area contributed by atoms with Gasteiger partial charge in [0.05, 0.1) is 18.6 Å². The molecule has 188 valence electrons. The third-order valence-corrected chi connectivity index (χ3v) is 5.43. The van der Waals surface area contributed by atoms with Crippen LogP contribution in [0.1, 0.15) is 61.3 Å². The zero-order chi connectivity index (χ0) is 25.4. The molecular weight excluding hydrogens is 408 g/mol. The number of esters is 1. The highest BCUT2D eigenvalue weighted by molar-refractivity contribution is 5.87. The molecule has 0 rings (SSSR count). The number of guanidine groups is 1. The van der Waals surface area contributed by atoms with Gasteiger partial charge in [0.1, 0.15) is 11.6 Å². The molecule has 0 aliphatic carbocycles. The Labute approximate surface area is 196 Å². The molecule has 0 aromatic rings. The summed E-state index contributed by atoms with van der Waals surface area (Å²) in [5, 5.41) is 0. The van der Waals surface area contributed by atoms with Crippen LogP contribution < -0.4 is 0 Å². The van der Waals surface area contributed by atoms with E-state index < -0.39 is 17.7 Å². The molecule has 0 bridgehead atoms. The zero-order valence-electron chi connectivity index (χ0n) is 22.7. The predicted octanol–water partition coefficient (Wildman–Crippen LogP) is 3.11. The number of aliphatic imine (C=N–C) groups is 1. The van der Waals surface area contributed by atoms with Gasteiger partial charge in [0, 0.05) is 42.3 Å². The van der Waals surface area contributed by atoms with Crippen LogP contribution in [0, 0.1) is 11.8 Å². The summed E-state index contributed by atoms with van der Waals surface area (Å²) < 4.78 is 11.3. The van der Waals surface area contributed by atoms with E-state index in [1.54, 1.807) is 19.1 Å². The molecule has 0 unspecified atom stereocenters. The van der Waals surface area contributed by atoms with E-state index in [2.05, 4.69) is 13.8 Å². The van der Waals surface area contributed by atoms with Crippen LogP contribution in [0.2, 0.25) is 0 Å². The van der Waals surface area contributed by atoms with E-state index in [1.165, 1.54) is 0 Å². The van der Waals surface area contributed by atoms with Crippen LogP contribution in [0.15, 0.2) is 4.99 Å². The number of ether oxygens (including phenoxy) is 2. The molecule has 1 amide bonds. The molecule has 0 saturated heterocycles. The topological polar surface area (TPSA) is 74.7 Å². The van der Waals surface area contributed by atoms with E-state index in [1.807, 2.05) is 72.6 Å². The molecule has 0 aromatic carbocycles. The molecule has 8 nitrogen and oxygen atoms in total. The molecule has 0 N–H and O–H groups in total. The average Bonchev–Trinajstić information content (AvgIpc) is 2.64. The van der Waals surface area contributed by atoms with E-state index in [0.717, 1.165) is 12.4 Å². The molecule has 0 aliphatic rings. The number of carbonyl (C=O) groups excluding carboxylic acids is 2. The first kappa shape index (κ1) is 30.2. The average molecular weight is 457 g/mol. The number of rotatable bonds is 10. The summed E-state index contributed by atoms with van der Waals surface area (Å²) in [5.41, 5.74) is -0.574. The highest BCUT2D eigenvalue weighted by Crippen LogP contribution is 2.25. The number of nitrogens with zero attached hydrogens (tertiary/aromatic N) is 4. The fraction of sp³-hybridized carbons (Fsp3) is 0.875. The molecule has 0 fully saturated rings. The van der Waals surface area contributed by atoms with Crippen molar-refractivity contribution in [2.75, 3.05) is 42.3 Å². The molecule has 0 spiro atoms. The van der Waals surface area contributed by atoms with Crippen molar-refractivity contribution in [3.63, 3.8) is 0 Å². The monoisotopic (exact) mass is 456 g/mol. The minimum absolute atomic E-state index is 0.00397. The van der Waals surface area contributed by atoms with E-state index >= 15 is 0 Å². The Bertz CT molecular complexity index is 616. The van der Waals surface area contributed by atoms with Gasteiger partial charge in [-0.15, -0.1) is 0 Å². The van der Waals surface area contributed by atoms with Gasteiger partial charge in [0.15, 0.2) is 5.96 Å². The molecule has 0 saturated carbocycles. The fourth-order valence-electron chi connectivity index (χ4n) is 3.73. The first-order valence-electron chi connectivity index (χ1n) is 11.5. The maximum atomic E-state index is 13.7. The van der Waals surface area contributed by atoms with Crippen LogP contribution in [0.25, 0.3) is 0 Å². The molecule has 0 radical (unpaired) electrons. The van der Waals surface area contributed by atoms with Crippen LogP contribution in [0.4, 0.5) is 0 Å². The van der Waals surface area contributed by atoms with Crippen molar-refractivity contribution in [1.29, 1.82) is 0 Å². The highest BCUT2D eigenvalue weighted by Gasteiger charge is 2.38. The zero-order valence-corrected chi connectivity index (χ0v) is 22.7. The third kappa shape index (κ3) is 9.35. The minimum Gasteiger partial charge on any atom is -0.460 e. The number of likely N-dealkylation sites (N-methyl/N-ethyl adjacent to an activating group) is 1. The summed E-state index contributed by atoms with van der Waals surface area (Å²) in [5.74, 6) is 0.430. The van der Waals surface area contributed by atoms with E-state index in [4.69, 9.17) is 14.5 Å². The summed E-state index contributed by atoms with van der Waals surface area (Å²) in [4.78, 5) is 36.5. The summed E-state index contributed by atoms with van der Waals surface area (Å²) in [6.45, 7) is 13.7. The molecule has 8 heteroatoms. The van der Waals surface area contributed by atoms with Gasteiger partial charge in [-0.05, 0) is 32.6 Å². The van der Waals surface area contributed by atoms with Gasteiger partial charge in [-0.3, -0.25) is 9.59 Å².